The highest BCUT2D eigenvalue weighted by atomic mass is 31.2. The first kappa shape index (κ1) is 17.3. The number of benzene rings is 3. The van der Waals surface area contributed by atoms with Crippen LogP contribution < -0.4 is 15.5 Å². The van der Waals surface area contributed by atoms with Gasteiger partial charge in [0.15, 0.2) is 0 Å². The van der Waals surface area contributed by atoms with Crippen molar-refractivity contribution in [3.8, 4) is 0 Å². The van der Waals surface area contributed by atoms with Gasteiger partial charge in [-0.2, -0.15) is 0 Å². The zero-order chi connectivity index (χ0) is 18.0. The van der Waals surface area contributed by atoms with Gasteiger partial charge in [-0.3, -0.25) is 0 Å². The zero-order valence-electron chi connectivity index (χ0n) is 15.6. The molecule has 1 nitrogen and oxygen atoms in total. The fourth-order valence-corrected chi connectivity index (χ4v) is 9.63. The van der Waals surface area contributed by atoms with Crippen LogP contribution in [0.2, 0.25) is 0 Å². The standard InChI is InChI=1S/C24H27NP/c1-20-18-26(23-14-8-4-9-15-23,24-16-10-5-11-17-24)19-21(2)25(20)22-12-6-3-7-13-22/h3-17,20-21H,18-19H2,1-2H3/q+1/t20-,21+. The Labute approximate surface area is 158 Å². The Balaban J connectivity index is 1.78. The summed E-state index contributed by atoms with van der Waals surface area (Å²) in [4.78, 5) is 2.63. The molecule has 1 fully saturated rings. The Bertz CT molecular complexity index is 778. The molecule has 1 aliphatic rings. The van der Waals surface area contributed by atoms with Gasteiger partial charge in [0, 0.05) is 5.69 Å². The molecular weight excluding hydrogens is 333 g/mol. The molecular formula is C24H27NP+. The van der Waals surface area contributed by atoms with E-state index in [2.05, 4.69) is 110 Å². The van der Waals surface area contributed by atoms with E-state index in [0.29, 0.717) is 12.1 Å². The van der Waals surface area contributed by atoms with Crippen LogP contribution in [0.15, 0.2) is 91.0 Å². The molecule has 1 aliphatic heterocycles. The van der Waals surface area contributed by atoms with Gasteiger partial charge in [-0.15, -0.1) is 0 Å². The molecule has 3 aromatic rings. The minimum Gasteiger partial charge on any atom is -0.359 e. The molecule has 0 aromatic heterocycles. The molecule has 1 heterocycles. The van der Waals surface area contributed by atoms with Crippen LogP contribution in [-0.4, -0.2) is 24.4 Å². The van der Waals surface area contributed by atoms with E-state index in [0.717, 1.165) is 0 Å². The molecule has 0 unspecified atom stereocenters. The normalized spacial score (nSPS) is 22.2. The maximum Gasteiger partial charge on any atom is 0.0993 e. The quantitative estimate of drug-likeness (QED) is 0.597. The summed E-state index contributed by atoms with van der Waals surface area (Å²) in [6, 6.07) is 34.5. The molecule has 132 valence electrons. The van der Waals surface area contributed by atoms with Crippen molar-refractivity contribution in [3.63, 3.8) is 0 Å². The Morgan fingerprint density at radius 3 is 1.42 bits per heavy atom. The molecule has 0 aliphatic carbocycles. The first-order chi connectivity index (χ1) is 12.7. The van der Waals surface area contributed by atoms with Gasteiger partial charge in [-0.05, 0) is 50.2 Å². The van der Waals surface area contributed by atoms with Crippen molar-refractivity contribution >= 4 is 23.6 Å². The van der Waals surface area contributed by atoms with Gasteiger partial charge in [0.25, 0.3) is 0 Å². The Hall–Kier alpha value is -2.11. The SMILES string of the molecule is C[C@@H]1C[P+](c2ccccc2)(c2ccccc2)C[C@H](C)N1c1ccccc1. The fourth-order valence-electron chi connectivity index (χ4n) is 4.69. The van der Waals surface area contributed by atoms with Crippen LogP contribution >= 0.6 is 7.26 Å². The molecule has 4 rings (SSSR count). The summed E-state index contributed by atoms with van der Waals surface area (Å²) in [5, 5.41) is 3.11. The summed E-state index contributed by atoms with van der Waals surface area (Å²) in [7, 11) is -1.41. The molecule has 0 spiro atoms. The molecule has 0 bridgehead atoms. The second-order valence-corrected chi connectivity index (χ2v) is 11.1. The average molecular weight is 360 g/mol. The highest BCUT2D eigenvalue weighted by Gasteiger charge is 2.50. The third-order valence-electron chi connectivity index (χ3n) is 5.66. The van der Waals surface area contributed by atoms with E-state index in [1.165, 1.54) is 18.0 Å². The number of rotatable bonds is 3. The Morgan fingerprint density at radius 2 is 1.00 bits per heavy atom. The molecule has 0 N–H and O–H groups in total. The average Bonchev–Trinajstić information content (AvgIpc) is 2.69. The molecule has 0 saturated carbocycles. The van der Waals surface area contributed by atoms with Crippen molar-refractivity contribution < 1.29 is 0 Å². The van der Waals surface area contributed by atoms with Crippen LogP contribution in [0.4, 0.5) is 5.69 Å². The van der Waals surface area contributed by atoms with Crippen molar-refractivity contribution in [1.82, 2.24) is 0 Å². The van der Waals surface area contributed by atoms with Crippen molar-refractivity contribution in [1.29, 1.82) is 0 Å². The lowest BCUT2D eigenvalue weighted by molar-refractivity contribution is 0.594. The number of nitrogens with zero attached hydrogens (tertiary/aromatic N) is 1. The van der Waals surface area contributed by atoms with Crippen LogP contribution in [0.5, 0.6) is 0 Å². The zero-order valence-corrected chi connectivity index (χ0v) is 16.5. The van der Waals surface area contributed by atoms with Crippen molar-refractivity contribution in [2.45, 2.75) is 25.9 Å². The van der Waals surface area contributed by atoms with Crippen molar-refractivity contribution in [3.05, 3.63) is 91.0 Å². The lowest BCUT2D eigenvalue weighted by Crippen LogP contribution is -2.53. The fraction of sp³-hybridized carbons (Fsp3) is 0.250. The molecule has 1 saturated heterocycles. The van der Waals surface area contributed by atoms with E-state index >= 15 is 0 Å². The summed E-state index contributed by atoms with van der Waals surface area (Å²) < 4.78 is 0. The van der Waals surface area contributed by atoms with Gasteiger partial charge < -0.3 is 4.90 Å². The summed E-state index contributed by atoms with van der Waals surface area (Å²) in [5.41, 5.74) is 1.35. The van der Waals surface area contributed by atoms with Crippen molar-refractivity contribution in [2.75, 3.05) is 17.2 Å². The van der Waals surface area contributed by atoms with Gasteiger partial charge in [0.05, 0.1) is 42.3 Å². The van der Waals surface area contributed by atoms with Crippen LogP contribution in [-0.2, 0) is 0 Å². The van der Waals surface area contributed by atoms with E-state index in [1.807, 2.05) is 0 Å². The third kappa shape index (κ3) is 3.06. The maximum atomic E-state index is 2.63. The van der Waals surface area contributed by atoms with E-state index < -0.39 is 7.26 Å². The van der Waals surface area contributed by atoms with Crippen LogP contribution in [0.3, 0.4) is 0 Å². The van der Waals surface area contributed by atoms with E-state index in [4.69, 9.17) is 0 Å². The first-order valence-electron chi connectivity index (χ1n) is 9.52. The predicted octanol–water partition coefficient (Wildman–Crippen LogP) is 4.95. The number of hydrogen-bond donors (Lipinski definition) is 0. The van der Waals surface area contributed by atoms with Gasteiger partial charge in [0.1, 0.15) is 0 Å². The minimum absolute atomic E-state index is 0.523. The first-order valence-corrected chi connectivity index (χ1v) is 11.7. The molecule has 3 aromatic carbocycles. The lowest BCUT2D eigenvalue weighted by atomic mass is 10.1. The third-order valence-corrected chi connectivity index (χ3v) is 10.5. The lowest BCUT2D eigenvalue weighted by Gasteiger charge is -2.46. The monoisotopic (exact) mass is 360 g/mol. The summed E-state index contributed by atoms with van der Waals surface area (Å²) in [5.74, 6) is 0. The summed E-state index contributed by atoms with van der Waals surface area (Å²) >= 11 is 0. The number of anilines is 1. The molecule has 0 amide bonds. The van der Waals surface area contributed by atoms with Gasteiger partial charge >= 0.3 is 0 Å². The highest BCUT2D eigenvalue weighted by Crippen LogP contribution is 2.60. The van der Waals surface area contributed by atoms with E-state index in [1.54, 1.807) is 10.6 Å². The predicted molar refractivity (Wildman–Crippen MR) is 117 cm³/mol. The van der Waals surface area contributed by atoms with Crippen LogP contribution in [0, 0.1) is 0 Å². The molecule has 2 heteroatoms. The summed E-state index contributed by atoms with van der Waals surface area (Å²) in [6.45, 7) is 4.81. The number of hydrogen-bond acceptors (Lipinski definition) is 1. The minimum atomic E-state index is -1.41. The second kappa shape index (κ2) is 7.25. The maximum absolute atomic E-state index is 2.63. The topological polar surface area (TPSA) is 3.24 Å². The Kier molecular flexibility index (Phi) is 4.83. The van der Waals surface area contributed by atoms with Gasteiger partial charge in [-0.25, -0.2) is 0 Å². The van der Waals surface area contributed by atoms with Crippen molar-refractivity contribution in [2.24, 2.45) is 0 Å². The Morgan fingerprint density at radius 1 is 0.615 bits per heavy atom. The molecule has 0 radical (unpaired) electrons. The highest BCUT2D eigenvalue weighted by molar-refractivity contribution is 7.89. The number of para-hydroxylation sites is 1. The van der Waals surface area contributed by atoms with Crippen LogP contribution in [0.25, 0.3) is 0 Å². The second-order valence-electron chi connectivity index (χ2n) is 7.44. The van der Waals surface area contributed by atoms with E-state index in [-0.39, 0.29) is 0 Å². The smallest absolute Gasteiger partial charge is 0.0993 e. The van der Waals surface area contributed by atoms with Gasteiger partial charge in [0.2, 0.25) is 0 Å². The van der Waals surface area contributed by atoms with E-state index in [9.17, 15) is 0 Å². The molecule has 26 heavy (non-hydrogen) atoms. The molecule has 2 atom stereocenters. The largest absolute Gasteiger partial charge is 0.359 e. The van der Waals surface area contributed by atoms with Gasteiger partial charge in [-0.1, -0.05) is 54.6 Å². The summed E-state index contributed by atoms with van der Waals surface area (Å²) in [6.07, 6.45) is 2.47. The van der Waals surface area contributed by atoms with Crippen LogP contribution in [0.1, 0.15) is 13.8 Å².